The summed E-state index contributed by atoms with van der Waals surface area (Å²) in [5, 5.41) is 20.4. The summed E-state index contributed by atoms with van der Waals surface area (Å²) in [6, 6.07) is 0.684. The molecule has 114 valence electrons. The Kier molecular flexibility index (Phi) is 8.37. The van der Waals surface area contributed by atoms with Crippen molar-refractivity contribution in [2.24, 2.45) is 11.8 Å². The van der Waals surface area contributed by atoms with E-state index >= 15 is 0 Å². The lowest BCUT2D eigenvalue weighted by Crippen LogP contribution is -2.51. The van der Waals surface area contributed by atoms with Crippen LogP contribution in [0.4, 0.5) is 4.79 Å². The van der Waals surface area contributed by atoms with Crippen LogP contribution < -0.4 is 5.32 Å². The highest BCUT2D eigenvalue weighted by atomic mass is 16.4. The number of urea groups is 1. The Bertz CT molecular complexity index is 363. The number of carboxylic acid groups (broad SMARTS) is 1. The number of rotatable bonds is 8. The summed E-state index contributed by atoms with van der Waals surface area (Å²) in [6.45, 7) is 8.43. The second kappa shape index (κ2) is 9.18. The van der Waals surface area contributed by atoms with Crippen molar-refractivity contribution >= 4 is 12.0 Å². The van der Waals surface area contributed by atoms with E-state index in [-0.39, 0.29) is 18.3 Å². The monoisotopic (exact) mass is 283 g/mol. The summed E-state index contributed by atoms with van der Waals surface area (Å²) < 4.78 is 0. The van der Waals surface area contributed by atoms with Crippen molar-refractivity contribution in [3.8, 4) is 6.07 Å². The van der Waals surface area contributed by atoms with E-state index in [4.69, 9.17) is 5.26 Å². The maximum Gasteiger partial charge on any atom is 0.326 e. The Morgan fingerprint density at radius 2 is 1.95 bits per heavy atom. The molecule has 2 amide bonds. The summed E-state index contributed by atoms with van der Waals surface area (Å²) >= 11 is 0. The van der Waals surface area contributed by atoms with E-state index in [1.165, 1.54) is 4.90 Å². The topological polar surface area (TPSA) is 93.4 Å². The van der Waals surface area contributed by atoms with Crippen LogP contribution >= 0.6 is 0 Å². The minimum atomic E-state index is -1.03. The Morgan fingerprint density at radius 1 is 1.35 bits per heavy atom. The van der Waals surface area contributed by atoms with E-state index < -0.39 is 18.0 Å². The van der Waals surface area contributed by atoms with Gasteiger partial charge in [-0.15, -0.1) is 0 Å². The van der Waals surface area contributed by atoms with Crippen LogP contribution in [-0.2, 0) is 4.79 Å². The molecule has 0 rings (SSSR count). The lowest BCUT2D eigenvalue weighted by molar-refractivity contribution is -0.140. The number of nitrogens with zero attached hydrogens (tertiary/aromatic N) is 2. The van der Waals surface area contributed by atoms with Crippen LogP contribution in [0.2, 0.25) is 0 Å². The summed E-state index contributed by atoms with van der Waals surface area (Å²) in [6.07, 6.45) is 0.904. The molecule has 0 aliphatic heterocycles. The van der Waals surface area contributed by atoms with Gasteiger partial charge in [0.2, 0.25) is 0 Å². The van der Waals surface area contributed by atoms with Gasteiger partial charge in [-0.1, -0.05) is 34.1 Å². The van der Waals surface area contributed by atoms with Crippen molar-refractivity contribution in [2.45, 2.75) is 46.6 Å². The molecule has 0 saturated heterocycles. The molecule has 0 aliphatic rings. The van der Waals surface area contributed by atoms with E-state index in [2.05, 4.69) is 5.32 Å². The van der Waals surface area contributed by atoms with Crippen molar-refractivity contribution in [2.75, 3.05) is 13.1 Å². The number of aliphatic carboxylic acids is 1. The minimum Gasteiger partial charge on any atom is -0.480 e. The average molecular weight is 283 g/mol. The van der Waals surface area contributed by atoms with Gasteiger partial charge in [0, 0.05) is 13.1 Å². The van der Waals surface area contributed by atoms with Gasteiger partial charge in [-0.05, 0) is 11.8 Å². The van der Waals surface area contributed by atoms with E-state index in [0.717, 1.165) is 0 Å². The van der Waals surface area contributed by atoms with Crippen molar-refractivity contribution in [3.63, 3.8) is 0 Å². The fourth-order valence-electron chi connectivity index (χ4n) is 1.81. The molecule has 0 bridgehead atoms. The number of amides is 2. The van der Waals surface area contributed by atoms with E-state index in [0.29, 0.717) is 19.5 Å². The molecule has 0 radical (unpaired) electrons. The number of hydrogen-bond donors (Lipinski definition) is 2. The van der Waals surface area contributed by atoms with Gasteiger partial charge in [-0.3, -0.25) is 0 Å². The smallest absolute Gasteiger partial charge is 0.326 e. The molecule has 0 saturated carbocycles. The van der Waals surface area contributed by atoms with Gasteiger partial charge in [0.25, 0.3) is 0 Å². The molecule has 2 atom stereocenters. The fraction of sp³-hybridized carbons (Fsp3) is 0.786. The van der Waals surface area contributed by atoms with Gasteiger partial charge in [-0.25, -0.2) is 9.59 Å². The fourth-order valence-corrected chi connectivity index (χ4v) is 1.81. The summed E-state index contributed by atoms with van der Waals surface area (Å²) in [4.78, 5) is 24.9. The molecular weight excluding hydrogens is 258 g/mol. The molecule has 0 fully saturated rings. The van der Waals surface area contributed by atoms with Crippen molar-refractivity contribution in [1.29, 1.82) is 5.26 Å². The van der Waals surface area contributed by atoms with Gasteiger partial charge in [-0.2, -0.15) is 5.26 Å². The van der Waals surface area contributed by atoms with E-state index in [1.807, 2.05) is 26.8 Å². The van der Waals surface area contributed by atoms with Crippen LogP contribution in [0.3, 0.4) is 0 Å². The van der Waals surface area contributed by atoms with Crippen LogP contribution in [0.25, 0.3) is 0 Å². The van der Waals surface area contributed by atoms with Crippen LogP contribution in [0.5, 0.6) is 0 Å². The molecule has 20 heavy (non-hydrogen) atoms. The largest absolute Gasteiger partial charge is 0.480 e. The van der Waals surface area contributed by atoms with Crippen molar-refractivity contribution in [1.82, 2.24) is 10.2 Å². The first-order valence-corrected chi connectivity index (χ1v) is 6.98. The Balaban J connectivity index is 4.78. The molecule has 6 heteroatoms. The molecule has 6 nitrogen and oxygen atoms in total. The van der Waals surface area contributed by atoms with E-state index in [1.54, 1.807) is 6.92 Å². The standard InChI is InChI=1S/C14H25N3O3/c1-5-11(4)12(13(18)19)16-14(20)17(8-6-7-15)9-10(2)3/h10-12H,5-6,8-9H2,1-4H3,(H,16,20)(H,18,19)/t11-,12-/m0/s1. The first-order chi connectivity index (χ1) is 9.33. The highest BCUT2D eigenvalue weighted by Crippen LogP contribution is 2.09. The molecule has 2 N–H and O–H groups in total. The molecule has 0 aromatic heterocycles. The first-order valence-electron chi connectivity index (χ1n) is 6.98. The van der Waals surface area contributed by atoms with E-state index in [9.17, 15) is 14.7 Å². The Labute approximate surface area is 120 Å². The predicted molar refractivity (Wildman–Crippen MR) is 76.1 cm³/mol. The number of carbonyl (C=O) groups is 2. The SMILES string of the molecule is CC[C@H](C)[C@H](NC(=O)N(CCC#N)CC(C)C)C(=O)O. The summed E-state index contributed by atoms with van der Waals surface area (Å²) in [7, 11) is 0. The number of nitriles is 1. The number of nitrogens with one attached hydrogen (secondary N) is 1. The quantitative estimate of drug-likeness (QED) is 0.713. The molecule has 0 aliphatic carbocycles. The molecule has 0 spiro atoms. The Morgan fingerprint density at radius 3 is 2.35 bits per heavy atom. The van der Waals surface area contributed by atoms with Gasteiger partial charge in [0.1, 0.15) is 6.04 Å². The second-order valence-electron chi connectivity index (χ2n) is 5.40. The number of carboxylic acids is 1. The van der Waals surface area contributed by atoms with Crippen LogP contribution in [0, 0.1) is 23.2 Å². The van der Waals surface area contributed by atoms with Gasteiger partial charge in [0.15, 0.2) is 0 Å². The predicted octanol–water partition coefficient (Wildman–Crippen LogP) is 2.07. The average Bonchev–Trinajstić information content (AvgIpc) is 2.38. The zero-order valence-electron chi connectivity index (χ0n) is 12.7. The molecular formula is C14H25N3O3. The van der Waals surface area contributed by atoms with Crippen molar-refractivity contribution in [3.05, 3.63) is 0 Å². The summed E-state index contributed by atoms with van der Waals surface area (Å²) in [5.41, 5.74) is 0. The number of carbonyl (C=O) groups excluding carboxylic acids is 1. The lowest BCUT2D eigenvalue weighted by atomic mass is 9.99. The molecule has 0 aromatic rings. The third kappa shape index (κ3) is 6.41. The third-order valence-corrected chi connectivity index (χ3v) is 3.12. The third-order valence-electron chi connectivity index (χ3n) is 3.12. The van der Waals surface area contributed by atoms with Crippen molar-refractivity contribution < 1.29 is 14.7 Å². The highest BCUT2D eigenvalue weighted by Gasteiger charge is 2.27. The van der Waals surface area contributed by atoms with Crippen LogP contribution in [0.1, 0.15) is 40.5 Å². The van der Waals surface area contributed by atoms with Crippen LogP contribution in [-0.4, -0.2) is 41.1 Å². The Hall–Kier alpha value is -1.77. The van der Waals surface area contributed by atoms with Crippen LogP contribution in [0.15, 0.2) is 0 Å². The zero-order valence-corrected chi connectivity index (χ0v) is 12.7. The van der Waals surface area contributed by atoms with Gasteiger partial charge >= 0.3 is 12.0 Å². The summed E-state index contributed by atoms with van der Waals surface area (Å²) in [5.74, 6) is -0.919. The van der Waals surface area contributed by atoms with Gasteiger partial charge in [0.05, 0.1) is 12.5 Å². The molecule has 0 unspecified atom stereocenters. The zero-order chi connectivity index (χ0) is 15.7. The minimum absolute atomic E-state index is 0.145. The first kappa shape index (κ1) is 18.2. The highest BCUT2D eigenvalue weighted by molar-refractivity contribution is 5.82. The number of hydrogen-bond acceptors (Lipinski definition) is 3. The maximum absolute atomic E-state index is 12.2. The molecule has 0 aromatic carbocycles. The second-order valence-corrected chi connectivity index (χ2v) is 5.40. The maximum atomic E-state index is 12.2. The normalized spacial score (nSPS) is 13.4. The van der Waals surface area contributed by atoms with Gasteiger partial charge < -0.3 is 15.3 Å². The molecule has 0 heterocycles. The lowest BCUT2D eigenvalue weighted by Gasteiger charge is -2.27.